The normalized spacial score (nSPS) is 26.0. The van der Waals surface area contributed by atoms with Crippen molar-refractivity contribution in [2.75, 3.05) is 7.05 Å². The van der Waals surface area contributed by atoms with E-state index in [1.807, 2.05) is 0 Å². The van der Waals surface area contributed by atoms with Crippen molar-refractivity contribution in [1.82, 2.24) is 5.32 Å². The van der Waals surface area contributed by atoms with Gasteiger partial charge in [-0.1, -0.05) is 0 Å². The molecule has 1 rings (SSSR count). The Morgan fingerprint density at radius 2 is 1.58 bits per heavy atom. The van der Waals surface area contributed by atoms with Crippen LogP contribution < -0.4 is 5.32 Å². The molecule has 0 radical (unpaired) electrons. The third-order valence-corrected chi connectivity index (χ3v) is 2.27. The molecule has 0 aromatic heterocycles. The average molecular weight is 202 g/mol. The van der Waals surface area contributed by atoms with Crippen LogP contribution in [0.25, 0.3) is 0 Å². The van der Waals surface area contributed by atoms with Gasteiger partial charge in [-0.25, -0.2) is 8.78 Å². The first-order chi connectivity index (χ1) is 4.97. The van der Waals surface area contributed by atoms with Crippen LogP contribution in [-0.4, -0.2) is 23.8 Å². The molecule has 0 bridgehead atoms. The number of halogens is 3. The molecule has 74 valence electrons. The van der Waals surface area contributed by atoms with Crippen molar-refractivity contribution in [2.45, 2.75) is 37.3 Å². The fourth-order valence-corrected chi connectivity index (χ4v) is 1.28. The molecule has 0 unspecified atom stereocenters. The van der Waals surface area contributed by atoms with E-state index in [1.54, 1.807) is 7.05 Å². The van der Waals surface area contributed by atoms with Gasteiger partial charge in [0.15, 0.2) is 0 Å². The summed E-state index contributed by atoms with van der Waals surface area (Å²) >= 11 is 0. The Bertz CT molecular complexity index is 144. The first-order valence-electron chi connectivity index (χ1n) is 3.77. The molecular weight excluding hydrogens is 188 g/mol. The van der Waals surface area contributed by atoms with Gasteiger partial charge in [0.2, 0.25) is 5.92 Å². The fraction of sp³-hybridized carbons (Fsp3) is 1.00. The van der Waals surface area contributed by atoms with Crippen LogP contribution in [-0.2, 0) is 0 Å². The average Bonchev–Trinajstić information content (AvgIpc) is 1.97. The van der Waals surface area contributed by atoms with E-state index >= 15 is 0 Å². The standard InChI is InChI=1S/C7H13F2NO.ClH/c1-10-7(11)4-2-6(8,9)3-5-7;/h10-11H,2-5H2,1H3;1H. The molecule has 0 heterocycles. The van der Waals surface area contributed by atoms with Gasteiger partial charge in [0.25, 0.3) is 0 Å². The summed E-state index contributed by atoms with van der Waals surface area (Å²) in [5.41, 5.74) is -1.05. The summed E-state index contributed by atoms with van der Waals surface area (Å²) in [5.74, 6) is -2.57. The Balaban J connectivity index is 0.00000121. The van der Waals surface area contributed by atoms with E-state index in [1.165, 1.54) is 0 Å². The fourth-order valence-electron chi connectivity index (χ4n) is 1.28. The van der Waals surface area contributed by atoms with Crippen molar-refractivity contribution in [1.29, 1.82) is 0 Å². The highest BCUT2D eigenvalue weighted by Crippen LogP contribution is 2.36. The Morgan fingerprint density at radius 3 is 1.92 bits per heavy atom. The number of aliphatic hydroxyl groups is 1. The van der Waals surface area contributed by atoms with Crippen molar-refractivity contribution in [3.8, 4) is 0 Å². The topological polar surface area (TPSA) is 32.3 Å². The minimum absolute atomic E-state index is 0. The number of hydrogen-bond donors (Lipinski definition) is 2. The van der Waals surface area contributed by atoms with E-state index in [2.05, 4.69) is 5.32 Å². The van der Waals surface area contributed by atoms with Crippen LogP contribution in [0.15, 0.2) is 0 Å². The first kappa shape index (κ1) is 12.1. The Morgan fingerprint density at radius 1 is 1.17 bits per heavy atom. The van der Waals surface area contributed by atoms with Crippen molar-refractivity contribution < 1.29 is 13.9 Å². The molecular formula is C7H14ClF2NO. The van der Waals surface area contributed by atoms with Gasteiger partial charge in [-0.15, -0.1) is 12.4 Å². The lowest BCUT2D eigenvalue weighted by molar-refractivity contribution is -0.114. The number of alkyl halides is 2. The second kappa shape index (κ2) is 3.85. The largest absolute Gasteiger partial charge is 0.376 e. The molecule has 0 spiro atoms. The summed E-state index contributed by atoms with van der Waals surface area (Å²) in [6, 6.07) is 0. The summed E-state index contributed by atoms with van der Waals surface area (Å²) in [4.78, 5) is 0. The zero-order valence-corrected chi connectivity index (χ0v) is 7.76. The van der Waals surface area contributed by atoms with E-state index in [9.17, 15) is 13.9 Å². The summed E-state index contributed by atoms with van der Waals surface area (Å²) in [6.45, 7) is 0. The predicted octanol–water partition coefficient (Wildman–Crippen LogP) is 1.53. The summed E-state index contributed by atoms with van der Waals surface area (Å²) in [6.07, 6.45) is -0.165. The monoisotopic (exact) mass is 201 g/mol. The molecule has 1 aliphatic rings. The molecule has 0 aromatic rings. The quantitative estimate of drug-likeness (QED) is 0.631. The zero-order chi connectivity index (χ0) is 8.54. The van der Waals surface area contributed by atoms with Crippen molar-refractivity contribution in [3.63, 3.8) is 0 Å². The smallest absolute Gasteiger partial charge is 0.248 e. The molecule has 1 aliphatic carbocycles. The lowest BCUT2D eigenvalue weighted by atomic mass is 9.89. The number of hydrogen-bond acceptors (Lipinski definition) is 2. The molecule has 0 amide bonds. The maximum absolute atomic E-state index is 12.5. The van der Waals surface area contributed by atoms with Gasteiger partial charge in [0.05, 0.1) is 0 Å². The predicted molar refractivity (Wildman–Crippen MR) is 44.7 cm³/mol. The van der Waals surface area contributed by atoms with Crippen molar-refractivity contribution in [2.24, 2.45) is 0 Å². The lowest BCUT2D eigenvalue weighted by Gasteiger charge is -2.35. The molecule has 1 saturated carbocycles. The third kappa shape index (κ3) is 2.84. The summed E-state index contributed by atoms with van der Waals surface area (Å²) < 4.78 is 25.1. The van der Waals surface area contributed by atoms with Gasteiger partial charge in [0, 0.05) is 12.8 Å². The molecule has 2 nitrogen and oxygen atoms in total. The highest BCUT2D eigenvalue weighted by molar-refractivity contribution is 5.85. The van der Waals surface area contributed by atoms with E-state index in [-0.39, 0.29) is 38.1 Å². The molecule has 0 aromatic carbocycles. The highest BCUT2D eigenvalue weighted by atomic mass is 35.5. The van der Waals surface area contributed by atoms with E-state index in [0.717, 1.165) is 0 Å². The molecule has 5 heteroatoms. The molecule has 0 atom stereocenters. The maximum atomic E-state index is 12.5. The van der Waals surface area contributed by atoms with Crippen LogP contribution in [0, 0.1) is 0 Å². The number of rotatable bonds is 1. The van der Waals surface area contributed by atoms with Crippen LogP contribution in [0.2, 0.25) is 0 Å². The minimum atomic E-state index is -2.57. The SMILES string of the molecule is CNC1(O)CCC(F)(F)CC1.Cl. The molecule has 0 aliphatic heterocycles. The van der Waals surface area contributed by atoms with Crippen LogP contribution in [0.5, 0.6) is 0 Å². The molecule has 0 saturated heterocycles. The van der Waals surface area contributed by atoms with Gasteiger partial charge < -0.3 is 5.11 Å². The summed E-state index contributed by atoms with van der Waals surface area (Å²) in [5, 5.41) is 12.1. The van der Waals surface area contributed by atoms with Crippen LogP contribution >= 0.6 is 12.4 Å². The Labute approximate surface area is 76.8 Å². The molecule has 1 fully saturated rings. The second-order valence-electron chi connectivity index (χ2n) is 3.14. The lowest BCUT2D eigenvalue weighted by Crippen LogP contribution is -2.48. The minimum Gasteiger partial charge on any atom is -0.376 e. The van der Waals surface area contributed by atoms with Gasteiger partial charge in [-0.3, -0.25) is 5.32 Å². The van der Waals surface area contributed by atoms with Crippen LogP contribution in [0.4, 0.5) is 8.78 Å². The van der Waals surface area contributed by atoms with Crippen molar-refractivity contribution in [3.05, 3.63) is 0 Å². The third-order valence-electron chi connectivity index (χ3n) is 2.27. The highest BCUT2D eigenvalue weighted by Gasteiger charge is 2.41. The van der Waals surface area contributed by atoms with Gasteiger partial charge in [-0.05, 0) is 19.9 Å². The Kier molecular flexibility index (Phi) is 3.87. The molecule has 12 heavy (non-hydrogen) atoms. The van der Waals surface area contributed by atoms with Gasteiger partial charge >= 0.3 is 0 Å². The van der Waals surface area contributed by atoms with E-state index < -0.39 is 11.6 Å². The second-order valence-corrected chi connectivity index (χ2v) is 3.14. The van der Waals surface area contributed by atoms with Crippen molar-refractivity contribution >= 4 is 12.4 Å². The van der Waals surface area contributed by atoms with Crippen LogP contribution in [0.1, 0.15) is 25.7 Å². The van der Waals surface area contributed by atoms with Gasteiger partial charge in [0.1, 0.15) is 5.72 Å². The first-order valence-corrected chi connectivity index (χ1v) is 3.77. The molecule has 2 N–H and O–H groups in total. The van der Waals surface area contributed by atoms with E-state index in [0.29, 0.717) is 0 Å². The van der Waals surface area contributed by atoms with Gasteiger partial charge in [-0.2, -0.15) is 0 Å². The van der Waals surface area contributed by atoms with Crippen LogP contribution in [0.3, 0.4) is 0 Å². The summed E-state index contributed by atoms with van der Waals surface area (Å²) in [7, 11) is 1.59. The maximum Gasteiger partial charge on any atom is 0.248 e. The Hall–Kier alpha value is 0.0700. The zero-order valence-electron chi connectivity index (χ0n) is 6.94. The number of nitrogens with one attached hydrogen (secondary N) is 1. The van der Waals surface area contributed by atoms with E-state index in [4.69, 9.17) is 0 Å².